The molecule has 0 aliphatic rings. The monoisotopic (exact) mass is 319 g/mol. The van der Waals surface area contributed by atoms with Crippen LogP contribution in [0.4, 0.5) is 0 Å². The van der Waals surface area contributed by atoms with Gasteiger partial charge in [-0.05, 0) is 32.9 Å². The number of hydrogen-bond acceptors (Lipinski definition) is 3. The lowest BCUT2D eigenvalue weighted by Gasteiger charge is -2.28. The molecule has 118 valence electrons. The third-order valence-corrected chi connectivity index (χ3v) is 2.86. The van der Waals surface area contributed by atoms with Gasteiger partial charge in [-0.1, -0.05) is 48.5 Å². The van der Waals surface area contributed by atoms with Crippen LogP contribution >= 0.6 is 12.4 Å². The molecule has 22 heavy (non-hydrogen) atoms. The van der Waals surface area contributed by atoms with Crippen molar-refractivity contribution in [3.8, 4) is 5.75 Å². The van der Waals surface area contributed by atoms with E-state index in [0.29, 0.717) is 11.3 Å². The Labute approximate surface area is 138 Å². The van der Waals surface area contributed by atoms with Crippen LogP contribution in [0.25, 0.3) is 0 Å². The van der Waals surface area contributed by atoms with Crippen molar-refractivity contribution in [1.29, 1.82) is 0 Å². The molecule has 1 unspecified atom stereocenters. The minimum atomic E-state index is -0.713. The highest BCUT2D eigenvalue weighted by atomic mass is 35.5. The molecule has 0 bridgehead atoms. The largest absolute Gasteiger partial charge is 0.468 e. The van der Waals surface area contributed by atoms with Gasteiger partial charge in [0.05, 0.1) is 0 Å². The van der Waals surface area contributed by atoms with E-state index in [0.717, 1.165) is 0 Å². The third-order valence-electron chi connectivity index (χ3n) is 2.86. The maximum absolute atomic E-state index is 12.6. The first-order chi connectivity index (χ1) is 9.96. The zero-order valence-corrected chi connectivity index (χ0v) is 13.9. The molecular formula is C18H22ClNO2. The van der Waals surface area contributed by atoms with Gasteiger partial charge >= 0.3 is 0 Å². The van der Waals surface area contributed by atoms with Crippen molar-refractivity contribution in [2.24, 2.45) is 0 Å². The lowest BCUT2D eigenvalue weighted by molar-refractivity contribution is 0.0671. The van der Waals surface area contributed by atoms with Crippen LogP contribution in [0.2, 0.25) is 0 Å². The molecule has 1 N–H and O–H groups in total. The number of hydrogen-bond donors (Lipinski definition) is 1. The Hall–Kier alpha value is -1.84. The van der Waals surface area contributed by atoms with Crippen LogP contribution in [-0.2, 0) is 0 Å². The Morgan fingerprint density at radius 2 is 1.45 bits per heavy atom. The Bertz CT molecular complexity index is 579. The van der Waals surface area contributed by atoms with Crippen molar-refractivity contribution in [3.05, 3.63) is 66.2 Å². The SMILES string of the molecule is CC(C)(C)NC(Oc1ccccc1)C(=O)c1ccccc1.Cl. The van der Waals surface area contributed by atoms with Crippen LogP contribution in [0.1, 0.15) is 31.1 Å². The van der Waals surface area contributed by atoms with Crippen LogP contribution in [0, 0.1) is 0 Å². The first kappa shape index (κ1) is 18.2. The molecule has 0 aromatic heterocycles. The zero-order valence-electron chi connectivity index (χ0n) is 13.1. The maximum atomic E-state index is 12.6. The average molecular weight is 320 g/mol. The van der Waals surface area contributed by atoms with Gasteiger partial charge in [0.2, 0.25) is 12.0 Å². The molecule has 2 rings (SSSR count). The Balaban J connectivity index is 0.00000242. The highest BCUT2D eigenvalue weighted by Gasteiger charge is 2.26. The van der Waals surface area contributed by atoms with Gasteiger partial charge in [0.1, 0.15) is 5.75 Å². The standard InChI is InChI=1S/C18H21NO2.ClH/c1-18(2,3)19-17(21-15-12-8-5-9-13-15)16(20)14-10-6-4-7-11-14;/h4-13,17,19H,1-3H3;1H. The minimum absolute atomic E-state index is 0. The first-order valence-corrected chi connectivity index (χ1v) is 7.04. The summed E-state index contributed by atoms with van der Waals surface area (Å²) >= 11 is 0. The van der Waals surface area contributed by atoms with E-state index in [2.05, 4.69) is 5.32 Å². The molecule has 0 saturated heterocycles. The molecule has 0 heterocycles. The van der Waals surface area contributed by atoms with Crippen molar-refractivity contribution < 1.29 is 9.53 Å². The van der Waals surface area contributed by atoms with Gasteiger partial charge in [-0.3, -0.25) is 10.1 Å². The molecule has 2 aromatic rings. The smallest absolute Gasteiger partial charge is 0.218 e. The highest BCUT2D eigenvalue weighted by molar-refractivity contribution is 5.99. The highest BCUT2D eigenvalue weighted by Crippen LogP contribution is 2.15. The van der Waals surface area contributed by atoms with Crippen molar-refractivity contribution in [2.45, 2.75) is 32.5 Å². The number of ether oxygens (including phenoxy) is 1. The molecule has 2 aromatic carbocycles. The number of carbonyl (C=O) groups is 1. The normalized spacial score (nSPS) is 12.1. The summed E-state index contributed by atoms with van der Waals surface area (Å²) < 4.78 is 5.85. The summed E-state index contributed by atoms with van der Waals surface area (Å²) in [5.74, 6) is 0.595. The predicted molar refractivity (Wildman–Crippen MR) is 91.8 cm³/mol. The second kappa shape index (κ2) is 7.97. The van der Waals surface area contributed by atoms with Crippen molar-refractivity contribution >= 4 is 18.2 Å². The lowest BCUT2D eigenvalue weighted by atomic mass is 10.1. The van der Waals surface area contributed by atoms with E-state index in [4.69, 9.17) is 4.74 Å². The molecule has 1 atom stereocenters. The van der Waals surface area contributed by atoms with E-state index >= 15 is 0 Å². The summed E-state index contributed by atoms with van der Waals surface area (Å²) in [5.41, 5.74) is 0.402. The second-order valence-electron chi connectivity index (χ2n) is 5.94. The fourth-order valence-electron chi connectivity index (χ4n) is 1.93. The summed E-state index contributed by atoms with van der Waals surface area (Å²) in [5, 5.41) is 3.23. The molecule has 3 nitrogen and oxygen atoms in total. The second-order valence-corrected chi connectivity index (χ2v) is 5.94. The molecule has 0 amide bonds. The summed E-state index contributed by atoms with van der Waals surface area (Å²) in [6.45, 7) is 6.02. The topological polar surface area (TPSA) is 38.3 Å². The Kier molecular flexibility index (Phi) is 6.60. The molecule has 0 spiro atoms. The average Bonchev–Trinajstić information content (AvgIpc) is 2.46. The quantitative estimate of drug-likeness (QED) is 0.666. The van der Waals surface area contributed by atoms with E-state index in [-0.39, 0.29) is 23.7 Å². The number of nitrogens with one attached hydrogen (secondary N) is 1. The zero-order chi connectivity index (χ0) is 15.3. The van der Waals surface area contributed by atoms with Gasteiger partial charge in [0, 0.05) is 11.1 Å². The minimum Gasteiger partial charge on any atom is -0.468 e. The van der Waals surface area contributed by atoms with E-state index < -0.39 is 6.23 Å². The molecule has 0 aliphatic carbocycles. The molecule has 0 fully saturated rings. The van der Waals surface area contributed by atoms with Gasteiger partial charge in [0.15, 0.2) is 0 Å². The molecule has 0 saturated carbocycles. The predicted octanol–water partition coefficient (Wildman–Crippen LogP) is 4.08. The fourth-order valence-corrected chi connectivity index (χ4v) is 1.93. The van der Waals surface area contributed by atoms with Crippen LogP contribution < -0.4 is 10.1 Å². The number of Topliss-reactive ketones (excluding diaryl/α,β-unsaturated/α-hetero) is 1. The van der Waals surface area contributed by atoms with E-state index in [1.54, 1.807) is 12.1 Å². The number of carbonyl (C=O) groups excluding carboxylic acids is 1. The number of para-hydroxylation sites is 1. The van der Waals surface area contributed by atoms with E-state index in [1.165, 1.54) is 0 Å². The van der Waals surface area contributed by atoms with Crippen molar-refractivity contribution in [2.75, 3.05) is 0 Å². The molecule has 0 aliphatic heterocycles. The van der Waals surface area contributed by atoms with Gasteiger partial charge in [-0.2, -0.15) is 0 Å². The van der Waals surface area contributed by atoms with Gasteiger partial charge < -0.3 is 4.74 Å². The Morgan fingerprint density at radius 1 is 0.955 bits per heavy atom. The van der Waals surface area contributed by atoms with E-state index in [1.807, 2.05) is 69.3 Å². The number of ketones is 1. The van der Waals surface area contributed by atoms with Crippen LogP contribution in [0.15, 0.2) is 60.7 Å². The fraction of sp³-hybridized carbons (Fsp3) is 0.278. The summed E-state index contributed by atoms with van der Waals surface area (Å²) in [6.07, 6.45) is -0.713. The summed E-state index contributed by atoms with van der Waals surface area (Å²) in [7, 11) is 0. The van der Waals surface area contributed by atoms with E-state index in [9.17, 15) is 4.79 Å². The van der Waals surface area contributed by atoms with Crippen LogP contribution in [0.5, 0.6) is 5.75 Å². The van der Waals surface area contributed by atoms with Crippen LogP contribution in [0.3, 0.4) is 0 Å². The summed E-state index contributed by atoms with van der Waals surface area (Å²) in [4.78, 5) is 12.6. The lowest BCUT2D eigenvalue weighted by Crippen LogP contribution is -2.50. The van der Waals surface area contributed by atoms with Crippen molar-refractivity contribution in [3.63, 3.8) is 0 Å². The number of benzene rings is 2. The first-order valence-electron chi connectivity index (χ1n) is 7.04. The maximum Gasteiger partial charge on any atom is 0.218 e. The summed E-state index contributed by atoms with van der Waals surface area (Å²) in [6, 6.07) is 18.6. The molecular weight excluding hydrogens is 298 g/mol. The Morgan fingerprint density at radius 3 is 1.95 bits per heavy atom. The molecule has 0 radical (unpaired) electrons. The van der Waals surface area contributed by atoms with Gasteiger partial charge in [-0.15, -0.1) is 12.4 Å². The van der Waals surface area contributed by atoms with Gasteiger partial charge in [0.25, 0.3) is 0 Å². The molecule has 4 heteroatoms. The van der Waals surface area contributed by atoms with Crippen LogP contribution in [-0.4, -0.2) is 17.6 Å². The number of halogens is 1. The number of rotatable bonds is 5. The van der Waals surface area contributed by atoms with Crippen molar-refractivity contribution in [1.82, 2.24) is 5.32 Å². The third kappa shape index (κ3) is 5.51. The van der Waals surface area contributed by atoms with Gasteiger partial charge in [-0.25, -0.2) is 0 Å².